The third kappa shape index (κ3) is 4.53. The van der Waals surface area contributed by atoms with Gasteiger partial charge in [-0.15, -0.1) is 0 Å². The van der Waals surface area contributed by atoms with Crippen LogP contribution in [-0.4, -0.2) is 37.4 Å². The SMILES string of the molecule is CC1CC(C)CN(CCOc2cccc(C=NN)c2)C1. The van der Waals surface area contributed by atoms with Crippen molar-refractivity contribution in [1.29, 1.82) is 0 Å². The molecule has 2 rings (SSSR count). The van der Waals surface area contributed by atoms with Crippen LogP contribution in [0, 0.1) is 11.8 Å². The Hall–Kier alpha value is -1.55. The second-order valence-corrected chi connectivity index (χ2v) is 5.90. The molecule has 2 atom stereocenters. The number of piperidine rings is 1. The molecular formula is C16H25N3O. The fourth-order valence-electron chi connectivity index (χ4n) is 3.04. The molecule has 2 unspecified atom stereocenters. The van der Waals surface area contributed by atoms with Crippen molar-refractivity contribution in [2.75, 3.05) is 26.2 Å². The molecule has 0 saturated carbocycles. The number of rotatable bonds is 5. The summed E-state index contributed by atoms with van der Waals surface area (Å²) in [5, 5.41) is 3.53. The van der Waals surface area contributed by atoms with Crippen LogP contribution in [0.15, 0.2) is 29.4 Å². The third-order valence-electron chi connectivity index (χ3n) is 3.70. The lowest BCUT2D eigenvalue weighted by Crippen LogP contribution is -2.40. The maximum absolute atomic E-state index is 5.82. The lowest BCUT2D eigenvalue weighted by atomic mass is 9.92. The summed E-state index contributed by atoms with van der Waals surface area (Å²) in [6.45, 7) is 8.76. The molecule has 20 heavy (non-hydrogen) atoms. The molecule has 0 amide bonds. The predicted octanol–water partition coefficient (Wildman–Crippen LogP) is 2.34. The van der Waals surface area contributed by atoms with Gasteiger partial charge in [-0.25, -0.2) is 0 Å². The van der Waals surface area contributed by atoms with Crippen molar-refractivity contribution in [3.63, 3.8) is 0 Å². The summed E-state index contributed by atoms with van der Waals surface area (Å²) in [4.78, 5) is 2.50. The first-order valence-electron chi connectivity index (χ1n) is 7.36. The molecule has 4 nitrogen and oxygen atoms in total. The van der Waals surface area contributed by atoms with Crippen molar-refractivity contribution in [2.24, 2.45) is 22.8 Å². The molecule has 4 heteroatoms. The van der Waals surface area contributed by atoms with Crippen molar-refractivity contribution in [3.05, 3.63) is 29.8 Å². The van der Waals surface area contributed by atoms with Gasteiger partial charge in [-0.05, 0) is 36.0 Å². The summed E-state index contributed by atoms with van der Waals surface area (Å²) >= 11 is 0. The minimum atomic E-state index is 0.725. The molecular weight excluding hydrogens is 250 g/mol. The fraction of sp³-hybridized carbons (Fsp3) is 0.562. The number of ether oxygens (including phenoxy) is 1. The van der Waals surface area contributed by atoms with E-state index in [0.29, 0.717) is 0 Å². The Kier molecular flexibility index (Phi) is 5.41. The number of nitrogens with zero attached hydrogens (tertiary/aromatic N) is 2. The van der Waals surface area contributed by atoms with Crippen LogP contribution in [0.25, 0.3) is 0 Å². The van der Waals surface area contributed by atoms with Crippen molar-refractivity contribution in [2.45, 2.75) is 20.3 Å². The second-order valence-electron chi connectivity index (χ2n) is 5.90. The van der Waals surface area contributed by atoms with Crippen molar-refractivity contribution < 1.29 is 4.74 Å². The van der Waals surface area contributed by atoms with Crippen molar-refractivity contribution in [1.82, 2.24) is 4.90 Å². The van der Waals surface area contributed by atoms with Gasteiger partial charge in [0.1, 0.15) is 12.4 Å². The maximum atomic E-state index is 5.82. The molecule has 2 N–H and O–H groups in total. The van der Waals surface area contributed by atoms with Gasteiger partial charge in [-0.2, -0.15) is 5.10 Å². The van der Waals surface area contributed by atoms with E-state index in [2.05, 4.69) is 23.8 Å². The van der Waals surface area contributed by atoms with Crippen molar-refractivity contribution >= 4 is 6.21 Å². The molecule has 1 aliphatic rings. The summed E-state index contributed by atoms with van der Waals surface area (Å²) in [6.07, 6.45) is 2.97. The van der Waals surface area contributed by atoms with Gasteiger partial charge in [-0.1, -0.05) is 26.0 Å². The summed E-state index contributed by atoms with van der Waals surface area (Å²) in [5.41, 5.74) is 0.963. The quantitative estimate of drug-likeness (QED) is 0.510. The van der Waals surface area contributed by atoms with E-state index in [-0.39, 0.29) is 0 Å². The van der Waals surface area contributed by atoms with E-state index in [1.54, 1.807) is 6.21 Å². The van der Waals surface area contributed by atoms with Crippen LogP contribution in [0.5, 0.6) is 5.75 Å². The monoisotopic (exact) mass is 275 g/mol. The number of hydrogen-bond donors (Lipinski definition) is 1. The van der Waals surface area contributed by atoms with Gasteiger partial charge in [0, 0.05) is 19.6 Å². The van der Waals surface area contributed by atoms with Crippen LogP contribution in [0.2, 0.25) is 0 Å². The molecule has 0 radical (unpaired) electrons. The Balaban J connectivity index is 1.79. The molecule has 110 valence electrons. The van der Waals surface area contributed by atoms with Gasteiger partial charge in [0.25, 0.3) is 0 Å². The maximum Gasteiger partial charge on any atom is 0.120 e. The highest BCUT2D eigenvalue weighted by Gasteiger charge is 2.21. The van der Waals surface area contributed by atoms with Gasteiger partial charge in [-0.3, -0.25) is 4.90 Å². The van der Waals surface area contributed by atoms with E-state index >= 15 is 0 Å². The first-order valence-corrected chi connectivity index (χ1v) is 7.36. The lowest BCUT2D eigenvalue weighted by molar-refractivity contribution is 0.120. The summed E-state index contributed by atoms with van der Waals surface area (Å²) < 4.78 is 5.82. The smallest absolute Gasteiger partial charge is 0.120 e. The van der Waals surface area contributed by atoms with Gasteiger partial charge >= 0.3 is 0 Å². The highest BCUT2D eigenvalue weighted by molar-refractivity contribution is 5.79. The van der Waals surface area contributed by atoms with Crippen LogP contribution < -0.4 is 10.6 Å². The molecule has 0 aliphatic carbocycles. The average Bonchev–Trinajstić information content (AvgIpc) is 2.38. The van der Waals surface area contributed by atoms with E-state index < -0.39 is 0 Å². The molecule has 0 bridgehead atoms. The van der Waals surface area contributed by atoms with Gasteiger partial charge in [0.15, 0.2) is 0 Å². The van der Waals surface area contributed by atoms with Crippen molar-refractivity contribution in [3.8, 4) is 5.75 Å². The molecule has 1 aromatic carbocycles. The number of nitrogens with two attached hydrogens (primary N) is 1. The minimum Gasteiger partial charge on any atom is -0.492 e. The largest absolute Gasteiger partial charge is 0.492 e. The average molecular weight is 275 g/mol. The number of hydrazone groups is 1. The van der Waals surface area contributed by atoms with E-state index in [1.165, 1.54) is 19.5 Å². The Bertz CT molecular complexity index is 437. The molecule has 1 fully saturated rings. The summed E-state index contributed by atoms with van der Waals surface area (Å²) in [5.74, 6) is 7.62. The standard InChI is InChI=1S/C16H25N3O/c1-13-8-14(2)12-19(11-13)6-7-20-16-5-3-4-15(9-16)10-18-17/h3-5,9-10,13-14H,6-8,11-12,17H2,1-2H3. The van der Waals surface area contributed by atoms with E-state index in [1.807, 2.05) is 24.3 Å². The molecule has 0 aromatic heterocycles. The van der Waals surface area contributed by atoms with Crippen LogP contribution in [0.4, 0.5) is 0 Å². The van der Waals surface area contributed by atoms with Crippen LogP contribution in [-0.2, 0) is 0 Å². The topological polar surface area (TPSA) is 50.8 Å². The zero-order chi connectivity index (χ0) is 14.4. The molecule has 1 heterocycles. The first-order chi connectivity index (χ1) is 9.67. The Morgan fingerprint density at radius 3 is 2.80 bits per heavy atom. The van der Waals surface area contributed by atoms with Gasteiger partial charge < -0.3 is 10.6 Å². The second kappa shape index (κ2) is 7.29. The number of hydrogen-bond acceptors (Lipinski definition) is 4. The summed E-state index contributed by atoms with van der Waals surface area (Å²) in [6, 6.07) is 7.84. The molecule has 1 aliphatic heterocycles. The third-order valence-corrected chi connectivity index (χ3v) is 3.70. The Morgan fingerprint density at radius 2 is 2.10 bits per heavy atom. The van der Waals surface area contributed by atoms with Crippen LogP contribution in [0.1, 0.15) is 25.8 Å². The predicted molar refractivity (Wildman–Crippen MR) is 83.1 cm³/mol. The Morgan fingerprint density at radius 1 is 1.35 bits per heavy atom. The fourth-order valence-corrected chi connectivity index (χ4v) is 3.04. The van der Waals surface area contributed by atoms with E-state index in [9.17, 15) is 0 Å². The van der Waals surface area contributed by atoms with Gasteiger partial charge in [0.05, 0.1) is 6.21 Å². The van der Waals surface area contributed by atoms with Crippen LogP contribution in [0.3, 0.4) is 0 Å². The molecule has 1 aromatic rings. The molecule has 1 saturated heterocycles. The first kappa shape index (κ1) is 14.9. The normalized spacial score (nSPS) is 24.1. The van der Waals surface area contributed by atoms with E-state index in [0.717, 1.165) is 36.3 Å². The van der Waals surface area contributed by atoms with Crippen LogP contribution >= 0.6 is 0 Å². The zero-order valence-corrected chi connectivity index (χ0v) is 12.5. The lowest BCUT2D eigenvalue weighted by Gasteiger charge is -2.34. The highest BCUT2D eigenvalue weighted by Crippen LogP contribution is 2.20. The number of likely N-dealkylation sites (tertiary alicyclic amines) is 1. The highest BCUT2D eigenvalue weighted by atomic mass is 16.5. The summed E-state index contributed by atoms with van der Waals surface area (Å²) in [7, 11) is 0. The van der Waals surface area contributed by atoms with E-state index in [4.69, 9.17) is 10.6 Å². The van der Waals surface area contributed by atoms with Gasteiger partial charge in [0.2, 0.25) is 0 Å². The number of benzene rings is 1. The molecule has 0 spiro atoms. The Labute approximate surface area is 121 Å². The minimum absolute atomic E-state index is 0.725. The zero-order valence-electron chi connectivity index (χ0n) is 12.5.